The van der Waals surface area contributed by atoms with Gasteiger partial charge in [0.15, 0.2) is 11.6 Å². The van der Waals surface area contributed by atoms with E-state index in [1.54, 1.807) is 47.9 Å². The fraction of sp³-hybridized carbons (Fsp3) is 0.200. The van der Waals surface area contributed by atoms with Gasteiger partial charge in [0.05, 0.1) is 17.1 Å². The van der Waals surface area contributed by atoms with Gasteiger partial charge in [0, 0.05) is 10.4 Å². The molecule has 0 aliphatic heterocycles. The molecule has 0 aliphatic rings. The second-order valence-corrected chi connectivity index (χ2v) is 9.12. The highest BCUT2D eigenvalue weighted by atomic mass is 35.5. The number of amides is 1. The van der Waals surface area contributed by atoms with Gasteiger partial charge in [-0.25, -0.2) is 4.79 Å². The smallest absolute Gasteiger partial charge is 0.410 e. The third kappa shape index (κ3) is 4.88. The standard InChI is InChI=1S/C25H23ClN4O3S/c1-4-17-13-19(23(31)18-10-6-7-11-20(18)26)24(34-17)30-16(3)28-29-22(30)14-27-25(32)33-21-12-8-5-9-15(21)2/h5-13H,4,14H2,1-3H3,(H,27,32). The van der Waals surface area contributed by atoms with Crippen LogP contribution in [0.3, 0.4) is 0 Å². The molecular weight excluding hydrogens is 472 g/mol. The van der Waals surface area contributed by atoms with Crippen molar-refractivity contribution in [1.29, 1.82) is 0 Å². The highest BCUT2D eigenvalue weighted by Crippen LogP contribution is 2.32. The molecule has 0 fully saturated rings. The molecule has 0 saturated heterocycles. The van der Waals surface area contributed by atoms with E-state index >= 15 is 0 Å². The molecule has 1 N–H and O–H groups in total. The van der Waals surface area contributed by atoms with Gasteiger partial charge < -0.3 is 10.1 Å². The number of para-hydroxylation sites is 1. The predicted molar refractivity (Wildman–Crippen MR) is 132 cm³/mol. The van der Waals surface area contributed by atoms with E-state index in [2.05, 4.69) is 15.5 Å². The number of ether oxygens (including phenoxy) is 1. The van der Waals surface area contributed by atoms with Crippen molar-refractivity contribution in [3.63, 3.8) is 0 Å². The summed E-state index contributed by atoms with van der Waals surface area (Å²) in [6.07, 6.45) is 0.166. The Morgan fingerprint density at radius 3 is 2.53 bits per heavy atom. The second kappa shape index (κ2) is 10.2. The number of rotatable bonds is 7. The fourth-order valence-corrected chi connectivity index (χ4v) is 4.85. The number of thiophene rings is 1. The Labute approximate surface area is 206 Å². The van der Waals surface area contributed by atoms with Crippen molar-refractivity contribution in [2.45, 2.75) is 33.7 Å². The minimum atomic E-state index is -0.603. The van der Waals surface area contributed by atoms with E-state index in [1.165, 1.54) is 11.3 Å². The number of hydrogen-bond donors (Lipinski definition) is 1. The van der Waals surface area contributed by atoms with Gasteiger partial charge in [-0.05, 0) is 50.1 Å². The zero-order valence-electron chi connectivity index (χ0n) is 19.0. The molecule has 4 aromatic rings. The van der Waals surface area contributed by atoms with Crippen LogP contribution in [0.4, 0.5) is 4.79 Å². The number of halogens is 1. The molecule has 174 valence electrons. The van der Waals surface area contributed by atoms with Gasteiger partial charge in [-0.2, -0.15) is 0 Å². The van der Waals surface area contributed by atoms with Crippen LogP contribution < -0.4 is 10.1 Å². The van der Waals surface area contributed by atoms with Crippen molar-refractivity contribution < 1.29 is 14.3 Å². The number of benzene rings is 2. The summed E-state index contributed by atoms with van der Waals surface area (Å²) >= 11 is 7.79. The molecule has 2 aromatic carbocycles. The van der Waals surface area contributed by atoms with Crippen LogP contribution in [0, 0.1) is 13.8 Å². The van der Waals surface area contributed by atoms with Gasteiger partial charge in [0.2, 0.25) is 0 Å². The maximum Gasteiger partial charge on any atom is 0.412 e. The van der Waals surface area contributed by atoms with Gasteiger partial charge >= 0.3 is 6.09 Å². The molecule has 2 aromatic heterocycles. The van der Waals surface area contributed by atoms with E-state index in [1.807, 2.05) is 32.0 Å². The zero-order valence-corrected chi connectivity index (χ0v) is 20.5. The lowest BCUT2D eigenvalue weighted by atomic mass is 10.0. The summed E-state index contributed by atoms with van der Waals surface area (Å²) < 4.78 is 7.19. The first kappa shape index (κ1) is 23.7. The minimum Gasteiger partial charge on any atom is -0.410 e. The maximum atomic E-state index is 13.4. The van der Waals surface area contributed by atoms with Crippen molar-refractivity contribution in [3.05, 3.63) is 92.8 Å². The molecular formula is C25H23ClN4O3S. The van der Waals surface area contributed by atoms with E-state index in [9.17, 15) is 9.59 Å². The van der Waals surface area contributed by atoms with Crippen LogP contribution in [-0.2, 0) is 13.0 Å². The van der Waals surface area contributed by atoms with Crippen molar-refractivity contribution in [2.75, 3.05) is 0 Å². The number of carbonyl (C=O) groups is 2. The lowest BCUT2D eigenvalue weighted by molar-refractivity contribution is 0.103. The van der Waals surface area contributed by atoms with Crippen LogP contribution in [0.2, 0.25) is 5.02 Å². The Hall–Kier alpha value is -3.49. The summed E-state index contributed by atoms with van der Waals surface area (Å²) in [5.74, 6) is 1.39. The molecule has 0 radical (unpaired) electrons. The monoisotopic (exact) mass is 494 g/mol. The Kier molecular flexibility index (Phi) is 7.09. The number of aromatic nitrogens is 3. The van der Waals surface area contributed by atoms with Crippen molar-refractivity contribution in [2.24, 2.45) is 0 Å². The average molecular weight is 495 g/mol. The molecule has 0 aliphatic carbocycles. The molecule has 7 nitrogen and oxygen atoms in total. The number of hydrogen-bond acceptors (Lipinski definition) is 6. The Morgan fingerprint density at radius 1 is 1.06 bits per heavy atom. The van der Waals surface area contributed by atoms with Crippen LogP contribution in [0.25, 0.3) is 5.00 Å². The molecule has 0 bridgehead atoms. The van der Waals surface area contributed by atoms with Crippen molar-refractivity contribution in [1.82, 2.24) is 20.1 Å². The molecule has 0 saturated carbocycles. The van der Waals surface area contributed by atoms with Crippen LogP contribution >= 0.6 is 22.9 Å². The quantitative estimate of drug-likeness (QED) is 0.334. The van der Waals surface area contributed by atoms with Crippen molar-refractivity contribution >= 4 is 34.8 Å². The van der Waals surface area contributed by atoms with Crippen LogP contribution in [0.15, 0.2) is 54.6 Å². The average Bonchev–Trinajstić information content (AvgIpc) is 3.42. The van der Waals surface area contributed by atoms with Crippen LogP contribution in [-0.4, -0.2) is 26.6 Å². The number of carbonyl (C=O) groups excluding carboxylic acids is 2. The first-order chi connectivity index (χ1) is 16.4. The van der Waals surface area contributed by atoms with Gasteiger partial charge in [-0.15, -0.1) is 21.5 Å². The highest BCUT2D eigenvalue weighted by molar-refractivity contribution is 7.15. The topological polar surface area (TPSA) is 86.1 Å². The maximum absolute atomic E-state index is 13.4. The van der Waals surface area contributed by atoms with E-state index < -0.39 is 6.09 Å². The summed E-state index contributed by atoms with van der Waals surface area (Å²) in [7, 11) is 0. The molecule has 9 heteroatoms. The Morgan fingerprint density at radius 2 is 1.79 bits per heavy atom. The summed E-state index contributed by atoms with van der Waals surface area (Å²) in [6, 6.07) is 16.1. The Bertz CT molecular complexity index is 1360. The summed E-state index contributed by atoms with van der Waals surface area (Å²) in [5, 5.41) is 12.2. The molecule has 0 unspecified atom stereocenters. The number of aryl methyl sites for hydroxylation is 3. The summed E-state index contributed by atoms with van der Waals surface area (Å²) in [6.45, 7) is 5.77. The van der Waals surface area contributed by atoms with Crippen LogP contribution in [0.1, 0.15) is 44.9 Å². The molecule has 2 heterocycles. The molecule has 0 atom stereocenters. The first-order valence-corrected chi connectivity index (χ1v) is 11.9. The van der Waals surface area contributed by atoms with E-state index in [4.69, 9.17) is 16.3 Å². The number of ketones is 1. The molecule has 4 rings (SSSR count). The van der Waals surface area contributed by atoms with Crippen molar-refractivity contribution in [3.8, 4) is 10.8 Å². The van der Waals surface area contributed by atoms with E-state index in [0.717, 1.165) is 16.9 Å². The molecule has 34 heavy (non-hydrogen) atoms. The fourth-order valence-electron chi connectivity index (χ4n) is 3.47. The van der Waals surface area contributed by atoms with Crippen LogP contribution in [0.5, 0.6) is 5.75 Å². The van der Waals surface area contributed by atoms with E-state index in [0.29, 0.717) is 38.5 Å². The number of nitrogens with zero attached hydrogens (tertiary/aromatic N) is 3. The third-order valence-electron chi connectivity index (χ3n) is 5.26. The second-order valence-electron chi connectivity index (χ2n) is 7.60. The highest BCUT2D eigenvalue weighted by Gasteiger charge is 2.24. The normalized spacial score (nSPS) is 10.8. The van der Waals surface area contributed by atoms with Gasteiger partial charge in [-0.3, -0.25) is 9.36 Å². The van der Waals surface area contributed by atoms with Gasteiger partial charge in [0.1, 0.15) is 16.6 Å². The molecule has 0 spiro atoms. The predicted octanol–water partition coefficient (Wildman–Crippen LogP) is 5.68. The lowest BCUT2D eigenvalue weighted by Gasteiger charge is -2.11. The molecule has 1 amide bonds. The van der Waals surface area contributed by atoms with Gasteiger partial charge in [-0.1, -0.05) is 48.9 Å². The van der Waals surface area contributed by atoms with E-state index in [-0.39, 0.29) is 12.3 Å². The SMILES string of the molecule is CCc1cc(C(=O)c2ccccc2Cl)c(-n2c(C)nnc2CNC(=O)Oc2ccccc2C)s1. The third-order valence-corrected chi connectivity index (χ3v) is 6.85. The largest absolute Gasteiger partial charge is 0.412 e. The summed E-state index contributed by atoms with van der Waals surface area (Å²) in [4.78, 5) is 26.8. The first-order valence-electron chi connectivity index (χ1n) is 10.7. The van der Waals surface area contributed by atoms with Gasteiger partial charge in [0.25, 0.3) is 0 Å². The Balaban J connectivity index is 1.62. The number of nitrogens with one attached hydrogen (secondary N) is 1. The summed E-state index contributed by atoms with van der Waals surface area (Å²) in [5.41, 5.74) is 1.80. The lowest BCUT2D eigenvalue weighted by Crippen LogP contribution is -2.28. The minimum absolute atomic E-state index is 0.0740. The zero-order chi connectivity index (χ0) is 24.2.